The number of hydrogen-bond acceptors (Lipinski definition) is 11. The number of nitrogens with one attached hydrogen (secondary N) is 2. The summed E-state index contributed by atoms with van der Waals surface area (Å²) in [6.45, 7) is 4.17. The van der Waals surface area contributed by atoms with Gasteiger partial charge in [0, 0.05) is 19.6 Å². The minimum absolute atomic E-state index is 0.0256. The lowest BCUT2D eigenvalue weighted by molar-refractivity contribution is -0.0501. The van der Waals surface area contributed by atoms with Crippen molar-refractivity contribution >= 4 is 23.1 Å². The first-order chi connectivity index (χ1) is 14.5. The van der Waals surface area contributed by atoms with E-state index in [0.29, 0.717) is 6.54 Å². The average Bonchev–Trinajstić information content (AvgIpc) is 3.23. The molecule has 13 nitrogen and oxygen atoms in total. The van der Waals surface area contributed by atoms with Gasteiger partial charge in [-0.05, 0) is 13.0 Å². The van der Waals surface area contributed by atoms with Crippen LogP contribution in [0.1, 0.15) is 12.6 Å². The summed E-state index contributed by atoms with van der Waals surface area (Å²) in [5.41, 5.74) is 5.29. The van der Waals surface area contributed by atoms with Gasteiger partial charge in [0.05, 0.1) is 19.8 Å². The van der Waals surface area contributed by atoms with E-state index in [2.05, 4.69) is 25.2 Å². The molecule has 0 radical (unpaired) electrons. The van der Waals surface area contributed by atoms with Crippen LogP contribution in [0, 0.1) is 0 Å². The van der Waals surface area contributed by atoms with Crippen molar-refractivity contribution in [2.45, 2.75) is 31.0 Å². The molecule has 0 amide bonds. The molecule has 0 aliphatic carbocycles. The second-order valence-electron chi connectivity index (χ2n) is 7.39. The second-order valence-corrected chi connectivity index (χ2v) is 7.39. The second kappa shape index (κ2) is 8.83. The first kappa shape index (κ1) is 21.0. The number of aliphatic hydroxyl groups is 3. The molecule has 0 spiro atoms. The lowest BCUT2D eigenvalue weighted by atomic mass is 10.1. The number of H-pyrrole nitrogens is 1. The third-order valence-corrected chi connectivity index (χ3v) is 5.38. The number of anilines is 2. The largest absolute Gasteiger partial charge is 0.394 e. The van der Waals surface area contributed by atoms with Gasteiger partial charge in [-0.2, -0.15) is 4.98 Å². The molecule has 166 valence electrons. The van der Waals surface area contributed by atoms with Gasteiger partial charge in [-0.3, -0.25) is 19.2 Å². The molecule has 4 rings (SSSR count). The number of nitrogens with zero attached hydrogens (tertiary/aromatic N) is 4. The minimum atomic E-state index is -1.35. The minimum Gasteiger partial charge on any atom is -0.394 e. The summed E-state index contributed by atoms with van der Waals surface area (Å²) in [5.74, 6) is 0.143. The molecule has 30 heavy (non-hydrogen) atoms. The fourth-order valence-corrected chi connectivity index (χ4v) is 3.79. The van der Waals surface area contributed by atoms with E-state index in [1.807, 2.05) is 0 Å². The number of nitrogen functional groups attached to an aromatic ring is 1. The maximum atomic E-state index is 12.3. The Morgan fingerprint density at radius 3 is 2.70 bits per heavy atom. The molecule has 0 saturated carbocycles. The summed E-state index contributed by atoms with van der Waals surface area (Å²) >= 11 is 0. The van der Waals surface area contributed by atoms with E-state index < -0.39 is 36.7 Å². The van der Waals surface area contributed by atoms with Gasteiger partial charge in [0.2, 0.25) is 11.9 Å². The van der Waals surface area contributed by atoms with E-state index in [1.165, 1.54) is 4.57 Å². The highest BCUT2D eigenvalue weighted by Crippen LogP contribution is 2.33. The molecule has 4 atom stereocenters. The van der Waals surface area contributed by atoms with Crippen molar-refractivity contribution < 1.29 is 24.8 Å². The number of aromatic amines is 1. The zero-order chi connectivity index (χ0) is 21.3. The highest BCUT2D eigenvalue weighted by Gasteiger charge is 2.45. The van der Waals surface area contributed by atoms with Crippen LogP contribution in [-0.4, -0.2) is 104 Å². The fourth-order valence-electron chi connectivity index (χ4n) is 3.79. The number of morpholine rings is 1. The van der Waals surface area contributed by atoms with E-state index in [9.17, 15) is 20.1 Å². The van der Waals surface area contributed by atoms with E-state index in [0.717, 1.165) is 39.3 Å². The summed E-state index contributed by atoms with van der Waals surface area (Å²) in [6, 6.07) is 0. The van der Waals surface area contributed by atoms with Gasteiger partial charge in [0.25, 0.3) is 5.56 Å². The van der Waals surface area contributed by atoms with Gasteiger partial charge in [0.1, 0.15) is 18.3 Å². The van der Waals surface area contributed by atoms with Gasteiger partial charge in [0.15, 0.2) is 17.4 Å². The maximum Gasteiger partial charge on any atom is 0.280 e. The lowest BCUT2D eigenvalue weighted by Gasteiger charge is -2.26. The number of nitrogens with two attached hydrogens (primary N) is 1. The Hall–Kier alpha value is -2.29. The number of ether oxygens (including phenoxy) is 2. The van der Waals surface area contributed by atoms with Crippen LogP contribution in [0.15, 0.2) is 4.79 Å². The van der Waals surface area contributed by atoms with E-state index >= 15 is 0 Å². The number of imidazole rings is 1. The summed E-state index contributed by atoms with van der Waals surface area (Å²) in [4.78, 5) is 25.4. The topological polar surface area (TPSA) is 184 Å². The number of hydrogen-bond donors (Lipinski definition) is 6. The first-order valence-electron chi connectivity index (χ1n) is 9.93. The van der Waals surface area contributed by atoms with Crippen molar-refractivity contribution in [1.82, 2.24) is 24.4 Å². The Morgan fingerprint density at radius 2 is 2.00 bits per heavy atom. The van der Waals surface area contributed by atoms with Crippen LogP contribution in [-0.2, 0) is 9.47 Å². The highest BCUT2D eigenvalue weighted by atomic mass is 16.6. The monoisotopic (exact) mass is 425 g/mol. The zero-order valence-electron chi connectivity index (χ0n) is 16.4. The fraction of sp³-hybridized carbons (Fsp3) is 0.706. The van der Waals surface area contributed by atoms with Gasteiger partial charge in [-0.15, -0.1) is 0 Å². The van der Waals surface area contributed by atoms with Gasteiger partial charge < -0.3 is 35.8 Å². The standard InChI is InChI=1S/C17H27N7O6/c18-16-21-13-10(14(28)22-16)20-17(19-2-1-3-23-4-6-29-7-5-23)24(13)15-12(27)11(26)9(8-25)30-15/h9,11-12,15,25-27H,1-8H2,(H,19,20)(H3,18,21,22,28)/t9-,11-,12-,15-/m0/s1. The van der Waals surface area contributed by atoms with Gasteiger partial charge in [-0.25, -0.2) is 4.98 Å². The number of aromatic nitrogens is 4. The van der Waals surface area contributed by atoms with Crippen molar-refractivity contribution in [3.05, 3.63) is 10.4 Å². The molecule has 4 heterocycles. The quantitative estimate of drug-likeness (QED) is 0.257. The van der Waals surface area contributed by atoms with Crippen molar-refractivity contribution in [1.29, 1.82) is 0 Å². The normalized spacial score (nSPS) is 27.7. The summed E-state index contributed by atoms with van der Waals surface area (Å²) < 4.78 is 12.4. The van der Waals surface area contributed by atoms with Crippen LogP contribution >= 0.6 is 0 Å². The molecule has 2 aromatic heterocycles. The van der Waals surface area contributed by atoms with Crippen molar-refractivity contribution in [3.63, 3.8) is 0 Å². The van der Waals surface area contributed by atoms with Crippen LogP contribution in [0.4, 0.5) is 11.9 Å². The molecule has 2 aliphatic heterocycles. The molecule has 2 saturated heterocycles. The lowest BCUT2D eigenvalue weighted by Crippen LogP contribution is -2.37. The average molecular weight is 425 g/mol. The van der Waals surface area contributed by atoms with Crippen LogP contribution in [0.2, 0.25) is 0 Å². The highest BCUT2D eigenvalue weighted by molar-refractivity contribution is 5.74. The van der Waals surface area contributed by atoms with Crippen molar-refractivity contribution in [2.75, 3.05) is 57.1 Å². The summed E-state index contributed by atoms with van der Waals surface area (Å²) in [7, 11) is 0. The molecule has 7 N–H and O–H groups in total. The Labute approximate surface area is 171 Å². The number of rotatable bonds is 7. The van der Waals surface area contributed by atoms with Gasteiger partial charge in [-0.1, -0.05) is 0 Å². The Kier molecular flexibility index (Phi) is 6.17. The molecule has 0 aromatic carbocycles. The van der Waals surface area contributed by atoms with Crippen LogP contribution in [0.25, 0.3) is 11.2 Å². The SMILES string of the molecule is Nc1nc2c(nc(NCCCN3CCOCC3)n2[C@H]2O[C@@H](CO)[C@H](O)[C@@H]2O)c(=O)[nH]1. The number of fused-ring (bicyclic) bond motifs is 1. The molecule has 0 bridgehead atoms. The van der Waals surface area contributed by atoms with Crippen LogP contribution < -0.4 is 16.6 Å². The molecule has 2 fully saturated rings. The Balaban J connectivity index is 1.58. The zero-order valence-corrected chi connectivity index (χ0v) is 16.4. The van der Waals surface area contributed by atoms with Crippen LogP contribution in [0.3, 0.4) is 0 Å². The van der Waals surface area contributed by atoms with Crippen LogP contribution in [0.5, 0.6) is 0 Å². The first-order valence-corrected chi connectivity index (χ1v) is 9.93. The van der Waals surface area contributed by atoms with Crippen molar-refractivity contribution in [2.24, 2.45) is 0 Å². The maximum absolute atomic E-state index is 12.3. The van der Waals surface area contributed by atoms with E-state index in [4.69, 9.17) is 15.2 Å². The number of aliphatic hydroxyl groups excluding tert-OH is 3. The molecular weight excluding hydrogens is 398 g/mol. The molecule has 2 aromatic rings. The molecular formula is C17H27N7O6. The van der Waals surface area contributed by atoms with Gasteiger partial charge >= 0.3 is 0 Å². The molecule has 2 aliphatic rings. The third kappa shape index (κ3) is 3.99. The molecule has 0 unspecified atom stereocenters. The Bertz CT molecular complexity index is 927. The smallest absolute Gasteiger partial charge is 0.280 e. The Morgan fingerprint density at radius 1 is 1.23 bits per heavy atom. The third-order valence-electron chi connectivity index (χ3n) is 5.38. The predicted octanol–water partition coefficient (Wildman–Crippen LogP) is -2.55. The summed E-state index contributed by atoms with van der Waals surface area (Å²) in [5, 5.41) is 33.2. The predicted molar refractivity (Wildman–Crippen MR) is 106 cm³/mol. The summed E-state index contributed by atoms with van der Waals surface area (Å²) in [6.07, 6.45) is -3.92. The van der Waals surface area contributed by atoms with Crippen molar-refractivity contribution in [3.8, 4) is 0 Å². The van der Waals surface area contributed by atoms with E-state index in [-0.39, 0.29) is 23.1 Å². The molecule has 13 heteroatoms. The van der Waals surface area contributed by atoms with E-state index in [1.54, 1.807) is 0 Å².